The number of hydrogen-bond donors (Lipinski definition) is 2. The van der Waals surface area contributed by atoms with Gasteiger partial charge in [-0.2, -0.15) is 0 Å². The Morgan fingerprint density at radius 3 is 2.45 bits per heavy atom. The van der Waals surface area contributed by atoms with Gasteiger partial charge in [0, 0.05) is 5.69 Å². The smallest absolute Gasteiger partial charge is 0.337 e. The summed E-state index contributed by atoms with van der Waals surface area (Å²) in [4.78, 5) is 36.9. The maximum absolute atomic E-state index is 12.8. The van der Waals surface area contributed by atoms with Crippen LogP contribution < -0.4 is 10.6 Å². The number of esters is 1. The van der Waals surface area contributed by atoms with Crippen LogP contribution in [-0.2, 0) is 9.53 Å². The molecule has 29 heavy (non-hydrogen) atoms. The Kier molecular flexibility index (Phi) is 6.22. The van der Waals surface area contributed by atoms with Gasteiger partial charge in [-0.1, -0.05) is 36.4 Å². The van der Waals surface area contributed by atoms with Gasteiger partial charge in [-0.05, 0) is 42.0 Å². The molecule has 1 heterocycles. The van der Waals surface area contributed by atoms with E-state index in [9.17, 15) is 14.4 Å². The maximum Gasteiger partial charge on any atom is 0.337 e. The Labute approximate surface area is 167 Å². The number of nitrogens with one attached hydrogen (secondary N) is 2. The molecule has 0 aliphatic rings. The summed E-state index contributed by atoms with van der Waals surface area (Å²) in [5.74, 6) is -1.57. The fourth-order valence-corrected chi connectivity index (χ4v) is 2.51. The molecule has 0 spiro atoms. The lowest BCUT2D eigenvalue weighted by Crippen LogP contribution is -2.30. The van der Waals surface area contributed by atoms with Gasteiger partial charge in [-0.3, -0.25) is 9.59 Å². The third-order valence-corrected chi connectivity index (χ3v) is 3.89. The van der Waals surface area contributed by atoms with E-state index in [4.69, 9.17) is 4.42 Å². The minimum atomic E-state index is -0.560. The predicted molar refractivity (Wildman–Crippen MR) is 107 cm³/mol. The first-order chi connectivity index (χ1) is 14.1. The van der Waals surface area contributed by atoms with Crippen LogP contribution in [0.4, 0.5) is 5.69 Å². The summed E-state index contributed by atoms with van der Waals surface area (Å²) in [6.45, 7) is 0. The van der Waals surface area contributed by atoms with Crippen molar-refractivity contribution < 1.29 is 23.5 Å². The van der Waals surface area contributed by atoms with Crippen molar-refractivity contribution in [3.63, 3.8) is 0 Å². The van der Waals surface area contributed by atoms with Crippen molar-refractivity contribution in [3.8, 4) is 0 Å². The van der Waals surface area contributed by atoms with E-state index in [1.54, 1.807) is 42.5 Å². The highest BCUT2D eigenvalue weighted by atomic mass is 16.5. The molecule has 1 aromatic heterocycles. The molecular formula is C22H18N2O5. The fraction of sp³-hybridized carbons (Fsp3) is 0.0455. The first-order valence-corrected chi connectivity index (χ1v) is 8.68. The molecule has 0 saturated carbocycles. The first-order valence-electron chi connectivity index (χ1n) is 8.68. The van der Waals surface area contributed by atoms with E-state index in [1.165, 1.54) is 25.5 Å². The molecule has 7 heteroatoms. The van der Waals surface area contributed by atoms with Crippen LogP contribution in [0.15, 0.2) is 83.1 Å². The number of rotatable bonds is 6. The number of carbonyl (C=O) groups is 3. The molecule has 2 amide bonds. The van der Waals surface area contributed by atoms with Crippen LogP contribution in [0.25, 0.3) is 6.08 Å². The van der Waals surface area contributed by atoms with Gasteiger partial charge >= 0.3 is 5.97 Å². The summed E-state index contributed by atoms with van der Waals surface area (Å²) in [5, 5.41) is 5.23. The molecule has 0 unspecified atom stereocenters. The van der Waals surface area contributed by atoms with E-state index in [0.717, 1.165) is 5.56 Å². The molecule has 0 bridgehead atoms. The highest BCUT2D eigenvalue weighted by molar-refractivity contribution is 6.10. The van der Waals surface area contributed by atoms with Crippen molar-refractivity contribution in [1.82, 2.24) is 5.32 Å². The van der Waals surface area contributed by atoms with Crippen molar-refractivity contribution >= 4 is 29.5 Å². The van der Waals surface area contributed by atoms with E-state index in [1.807, 2.05) is 18.2 Å². The number of amides is 2. The van der Waals surface area contributed by atoms with Gasteiger partial charge in [0.25, 0.3) is 11.8 Å². The Morgan fingerprint density at radius 2 is 1.76 bits per heavy atom. The molecule has 0 aliphatic carbocycles. The van der Waals surface area contributed by atoms with Crippen LogP contribution in [0.1, 0.15) is 26.5 Å². The number of furan rings is 1. The van der Waals surface area contributed by atoms with Crippen LogP contribution in [-0.4, -0.2) is 24.9 Å². The van der Waals surface area contributed by atoms with Gasteiger partial charge in [0.2, 0.25) is 0 Å². The van der Waals surface area contributed by atoms with Crippen LogP contribution in [0.3, 0.4) is 0 Å². The molecular weight excluding hydrogens is 372 g/mol. The van der Waals surface area contributed by atoms with Crippen molar-refractivity contribution in [2.45, 2.75) is 0 Å². The number of benzene rings is 2. The zero-order valence-electron chi connectivity index (χ0n) is 15.5. The normalized spacial score (nSPS) is 10.9. The van der Waals surface area contributed by atoms with Gasteiger partial charge in [0.1, 0.15) is 5.70 Å². The SMILES string of the molecule is COC(=O)c1cccc(NC(=O)C(=Cc2ccccc2)NC(=O)c2ccco2)c1. The number of ether oxygens (including phenoxy) is 1. The number of anilines is 1. The molecule has 0 saturated heterocycles. The summed E-state index contributed by atoms with van der Waals surface area (Å²) in [6, 6.07) is 18.4. The molecule has 3 rings (SSSR count). The monoisotopic (exact) mass is 390 g/mol. The predicted octanol–water partition coefficient (Wildman–Crippen LogP) is 3.48. The number of methoxy groups -OCH3 is 1. The van der Waals surface area contributed by atoms with Gasteiger partial charge in [-0.15, -0.1) is 0 Å². The summed E-state index contributed by atoms with van der Waals surface area (Å²) in [5.41, 5.74) is 1.41. The third-order valence-electron chi connectivity index (χ3n) is 3.89. The van der Waals surface area contributed by atoms with Gasteiger partial charge in [-0.25, -0.2) is 4.79 Å². The van der Waals surface area contributed by atoms with E-state index in [2.05, 4.69) is 15.4 Å². The molecule has 146 valence electrons. The zero-order chi connectivity index (χ0) is 20.6. The summed E-state index contributed by atoms with van der Waals surface area (Å²) < 4.78 is 9.76. The lowest BCUT2D eigenvalue weighted by atomic mass is 10.1. The van der Waals surface area contributed by atoms with Crippen molar-refractivity contribution in [2.75, 3.05) is 12.4 Å². The zero-order valence-corrected chi connectivity index (χ0v) is 15.5. The van der Waals surface area contributed by atoms with Crippen LogP contribution in [0, 0.1) is 0 Å². The van der Waals surface area contributed by atoms with Crippen LogP contribution in [0.5, 0.6) is 0 Å². The first kappa shape index (κ1) is 19.6. The van der Waals surface area contributed by atoms with Crippen molar-refractivity contribution in [3.05, 3.63) is 95.6 Å². The van der Waals surface area contributed by atoms with Gasteiger partial charge in [0.15, 0.2) is 5.76 Å². The number of hydrogen-bond acceptors (Lipinski definition) is 5. The lowest BCUT2D eigenvalue weighted by molar-refractivity contribution is -0.113. The summed E-state index contributed by atoms with van der Waals surface area (Å²) >= 11 is 0. The minimum absolute atomic E-state index is 0.0149. The van der Waals surface area contributed by atoms with Gasteiger partial charge < -0.3 is 19.8 Å². The van der Waals surface area contributed by atoms with Crippen molar-refractivity contribution in [1.29, 1.82) is 0 Å². The second-order valence-electron chi connectivity index (χ2n) is 5.93. The highest BCUT2D eigenvalue weighted by Gasteiger charge is 2.17. The molecule has 2 N–H and O–H groups in total. The number of carbonyl (C=O) groups excluding carboxylic acids is 3. The van der Waals surface area contributed by atoms with Crippen LogP contribution >= 0.6 is 0 Å². The third kappa shape index (κ3) is 5.20. The van der Waals surface area contributed by atoms with Gasteiger partial charge in [0.05, 0.1) is 18.9 Å². The molecule has 0 atom stereocenters. The molecule has 2 aromatic carbocycles. The van der Waals surface area contributed by atoms with E-state index < -0.39 is 17.8 Å². The highest BCUT2D eigenvalue weighted by Crippen LogP contribution is 2.14. The molecule has 0 radical (unpaired) electrons. The lowest BCUT2D eigenvalue weighted by Gasteiger charge is -2.11. The average Bonchev–Trinajstić information content (AvgIpc) is 3.28. The molecule has 7 nitrogen and oxygen atoms in total. The second-order valence-corrected chi connectivity index (χ2v) is 5.93. The van der Waals surface area contributed by atoms with E-state index >= 15 is 0 Å². The topological polar surface area (TPSA) is 97.6 Å². The quantitative estimate of drug-likeness (QED) is 0.496. The minimum Gasteiger partial charge on any atom is -0.465 e. The molecule has 0 aliphatic heterocycles. The molecule has 3 aromatic rings. The average molecular weight is 390 g/mol. The Hall–Kier alpha value is -4.13. The maximum atomic E-state index is 12.8. The summed E-state index contributed by atoms with van der Waals surface area (Å²) in [6.07, 6.45) is 2.91. The second kappa shape index (κ2) is 9.18. The Morgan fingerprint density at radius 1 is 0.966 bits per heavy atom. The Bertz CT molecular complexity index is 1040. The van der Waals surface area contributed by atoms with E-state index in [0.29, 0.717) is 11.3 Å². The van der Waals surface area contributed by atoms with E-state index in [-0.39, 0.29) is 11.5 Å². The Balaban J connectivity index is 1.85. The summed E-state index contributed by atoms with van der Waals surface area (Å²) in [7, 11) is 1.28. The fourth-order valence-electron chi connectivity index (χ4n) is 2.51. The van der Waals surface area contributed by atoms with Crippen molar-refractivity contribution in [2.24, 2.45) is 0 Å². The van der Waals surface area contributed by atoms with Crippen LogP contribution in [0.2, 0.25) is 0 Å². The molecule has 0 fully saturated rings. The largest absolute Gasteiger partial charge is 0.465 e. The standard InChI is InChI=1S/C22H18N2O5/c1-28-22(27)16-9-5-10-17(14-16)23-20(25)18(13-15-7-3-2-4-8-15)24-21(26)19-11-6-12-29-19/h2-14H,1H3,(H,23,25)(H,24,26).